The Morgan fingerprint density at radius 1 is 1.08 bits per heavy atom. The van der Waals surface area contributed by atoms with Crippen molar-refractivity contribution in [3.63, 3.8) is 0 Å². The van der Waals surface area contributed by atoms with Gasteiger partial charge in [0.2, 0.25) is 5.95 Å². The molecule has 2 heterocycles. The minimum Gasteiger partial charge on any atom is -0.497 e. The number of hydrogen-bond acceptors (Lipinski definition) is 6. The molecule has 0 radical (unpaired) electrons. The molecular weight excluding hydrogens is 316 g/mol. The average molecular weight is 342 g/mol. The molecule has 0 aliphatic carbocycles. The summed E-state index contributed by atoms with van der Waals surface area (Å²) in [6.07, 6.45) is 4.54. The van der Waals surface area contributed by atoms with Crippen molar-refractivity contribution in [1.82, 2.24) is 9.97 Å². The molecule has 3 rings (SSSR count). The molecule has 0 amide bonds. The second-order valence-electron chi connectivity index (χ2n) is 6.39. The van der Waals surface area contributed by atoms with Gasteiger partial charge in [-0.1, -0.05) is 12.8 Å². The second-order valence-corrected chi connectivity index (χ2v) is 6.39. The zero-order valence-corrected chi connectivity index (χ0v) is 15.2. The lowest BCUT2D eigenvalue weighted by atomic mass is 9.99. The Labute approximate surface area is 149 Å². The lowest BCUT2D eigenvalue weighted by Gasteiger charge is -2.32. The lowest BCUT2D eigenvalue weighted by Crippen LogP contribution is -2.30. The van der Waals surface area contributed by atoms with Crippen LogP contribution in [-0.2, 0) is 0 Å². The predicted octanol–water partition coefficient (Wildman–Crippen LogP) is 3.51. The van der Waals surface area contributed by atoms with Crippen molar-refractivity contribution in [2.24, 2.45) is 0 Å². The van der Waals surface area contributed by atoms with Gasteiger partial charge in [0.25, 0.3) is 0 Å². The van der Waals surface area contributed by atoms with Crippen LogP contribution in [0, 0.1) is 6.92 Å². The summed E-state index contributed by atoms with van der Waals surface area (Å²) < 4.78 is 11.1. The highest BCUT2D eigenvalue weighted by Crippen LogP contribution is 2.39. The van der Waals surface area contributed by atoms with Gasteiger partial charge in [0.15, 0.2) is 0 Å². The number of hydrogen-bond donors (Lipinski definition) is 1. The molecule has 2 aromatic rings. The van der Waals surface area contributed by atoms with Crippen LogP contribution in [0.2, 0.25) is 0 Å². The third kappa shape index (κ3) is 3.78. The van der Waals surface area contributed by atoms with Crippen molar-refractivity contribution in [3.05, 3.63) is 35.5 Å². The molecule has 1 saturated heterocycles. The Balaban J connectivity index is 2.07. The van der Waals surface area contributed by atoms with Crippen molar-refractivity contribution >= 4 is 11.8 Å². The molecule has 1 atom stereocenters. The third-order valence-corrected chi connectivity index (χ3v) is 4.70. The van der Waals surface area contributed by atoms with Crippen molar-refractivity contribution in [1.29, 1.82) is 0 Å². The van der Waals surface area contributed by atoms with E-state index in [1.807, 2.05) is 25.1 Å². The number of anilines is 2. The van der Waals surface area contributed by atoms with Gasteiger partial charge >= 0.3 is 0 Å². The molecule has 0 spiro atoms. The van der Waals surface area contributed by atoms with Crippen molar-refractivity contribution < 1.29 is 9.47 Å². The first kappa shape index (κ1) is 17.3. The van der Waals surface area contributed by atoms with Gasteiger partial charge < -0.3 is 20.1 Å². The standard InChI is InChI=1S/C19H26N4O2/c1-13-11-18(22-19(20)21-13)23-10-6-4-5-7-16(23)15-12-14(24-2)8-9-17(15)25-3/h8-9,11-12,16H,4-7,10H2,1-3H3,(H2,20,21,22). The zero-order chi connectivity index (χ0) is 17.8. The number of ether oxygens (including phenoxy) is 2. The summed E-state index contributed by atoms with van der Waals surface area (Å²) in [5.41, 5.74) is 7.90. The first-order valence-electron chi connectivity index (χ1n) is 8.72. The molecule has 25 heavy (non-hydrogen) atoms. The normalized spacial score (nSPS) is 17.9. The van der Waals surface area contributed by atoms with Gasteiger partial charge in [0.1, 0.15) is 17.3 Å². The highest BCUT2D eigenvalue weighted by molar-refractivity contribution is 5.50. The van der Waals surface area contributed by atoms with E-state index in [-0.39, 0.29) is 6.04 Å². The van der Waals surface area contributed by atoms with Gasteiger partial charge in [-0.05, 0) is 38.0 Å². The summed E-state index contributed by atoms with van der Waals surface area (Å²) in [6, 6.07) is 8.13. The third-order valence-electron chi connectivity index (χ3n) is 4.70. The van der Waals surface area contributed by atoms with E-state index in [0.717, 1.165) is 48.0 Å². The van der Waals surface area contributed by atoms with E-state index in [2.05, 4.69) is 20.9 Å². The quantitative estimate of drug-likeness (QED) is 0.916. The van der Waals surface area contributed by atoms with Gasteiger partial charge in [-0.25, -0.2) is 4.98 Å². The van der Waals surface area contributed by atoms with Crippen LogP contribution in [0.5, 0.6) is 11.5 Å². The summed E-state index contributed by atoms with van der Waals surface area (Å²) in [5.74, 6) is 2.90. The maximum atomic E-state index is 5.90. The van der Waals surface area contributed by atoms with Gasteiger partial charge in [-0.15, -0.1) is 0 Å². The maximum Gasteiger partial charge on any atom is 0.222 e. The summed E-state index contributed by atoms with van der Waals surface area (Å²) >= 11 is 0. The van der Waals surface area contributed by atoms with Crippen LogP contribution in [0.1, 0.15) is 43.0 Å². The molecular formula is C19H26N4O2. The Morgan fingerprint density at radius 2 is 1.92 bits per heavy atom. The Morgan fingerprint density at radius 3 is 2.64 bits per heavy atom. The number of aromatic nitrogens is 2. The number of methoxy groups -OCH3 is 2. The maximum absolute atomic E-state index is 5.90. The summed E-state index contributed by atoms with van der Waals surface area (Å²) in [4.78, 5) is 11.0. The van der Waals surface area contributed by atoms with Gasteiger partial charge in [0, 0.05) is 23.9 Å². The van der Waals surface area contributed by atoms with Gasteiger partial charge in [0.05, 0.1) is 20.3 Å². The van der Waals surface area contributed by atoms with E-state index < -0.39 is 0 Å². The first-order valence-corrected chi connectivity index (χ1v) is 8.72. The van der Waals surface area contributed by atoms with E-state index in [0.29, 0.717) is 5.95 Å². The monoisotopic (exact) mass is 342 g/mol. The molecule has 6 heteroatoms. The largest absolute Gasteiger partial charge is 0.497 e. The number of benzene rings is 1. The topological polar surface area (TPSA) is 73.5 Å². The molecule has 134 valence electrons. The van der Waals surface area contributed by atoms with Crippen LogP contribution in [0.4, 0.5) is 11.8 Å². The number of nitrogens with two attached hydrogens (primary N) is 1. The van der Waals surface area contributed by atoms with E-state index in [1.165, 1.54) is 12.8 Å². The Bertz CT molecular complexity index is 715. The molecule has 1 unspecified atom stereocenters. The predicted molar refractivity (Wildman–Crippen MR) is 99.3 cm³/mol. The first-order chi connectivity index (χ1) is 12.1. The molecule has 1 aliphatic rings. The SMILES string of the molecule is COc1ccc(OC)c(C2CCCCCN2c2cc(C)nc(N)n2)c1. The number of nitrogen functional groups attached to an aromatic ring is 1. The van der Waals surface area contributed by atoms with Crippen molar-refractivity contribution in [3.8, 4) is 11.5 Å². The Kier molecular flexibility index (Phi) is 5.26. The minimum atomic E-state index is 0.168. The molecule has 1 aromatic carbocycles. The molecule has 0 bridgehead atoms. The van der Waals surface area contributed by atoms with E-state index >= 15 is 0 Å². The summed E-state index contributed by atoms with van der Waals surface area (Å²) in [5, 5.41) is 0. The fourth-order valence-electron chi connectivity index (χ4n) is 3.53. The van der Waals surface area contributed by atoms with E-state index in [9.17, 15) is 0 Å². The molecule has 1 aliphatic heterocycles. The highest BCUT2D eigenvalue weighted by atomic mass is 16.5. The molecule has 0 saturated carbocycles. The van der Waals surface area contributed by atoms with Gasteiger partial charge in [-0.3, -0.25) is 0 Å². The molecule has 1 aromatic heterocycles. The van der Waals surface area contributed by atoms with Crippen LogP contribution in [0.25, 0.3) is 0 Å². The van der Waals surface area contributed by atoms with E-state index in [1.54, 1.807) is 14.2 Å². The molecule has 1 fully saturated rings. The van der Waals surface area contributed by atoms with Crippen LogP contribution in [0.15, 0.2) is 24.3 Å². The number of rotatable bonds is 4. The molecule has 2 N–H and O–H groups in total. The van der Waals surface area contributed by atoms with Crippen LogP contribution >= 0.6 is 0 Å². The molecule has 6 nitrogen and oxygen atoms in total. The summed E-state index contributed by atoms with van der Waals surface area (Å²) in [7, 11) is 3.39. The summed E-state index contributed by atoms with van der Waals surface area (Å²) in [6.45, 7) is 2.88. The minimum absolute atomic E-state index is 0.168. The zero-order valence-electron chi connectivity index (χ0n) is 15.2. The smallest absolute Gasteiger partial charge is 0.222 e. The highest BCUT2D eigenvalue weighted by Gasteiger charge is 2.27. The number of aryl methyl sites for hydroxylation is 1. The van der Waals surface area contributed by atoms with Crippen LogP contribution in [0.3, 0.4) is 0 Å². The van der Waals surface area contributed by atoms with E-state index in [4.69, 9.17) is 15.2 Å². The van der Waals surface area contributed by atoms with Crippen molar-refractivity contribution in [2.45, 2.75) is 38.6 Å². The van der Waals surface area contributed by atoms with Crippen LogP contribution < -0.4 is 20.1 Å². The average Bonchev–Trinajstić information content (AvgIpc) is 2.86. The van der Waals surface area contributed by atoms with Crippen LogP contribution in [-0.4, -0.2) is 30.7 Å². The number of nitrogens with zero attached hydrogens (tertiary/aromatic N) is 3. The Hall–Kier alpha value is -2.50. The van der Waals surface area contributed by atoms with Gasteiger partial charge in [-0.2, -0.15) is 4.98 Å². The lowest BCUT2D eigenvalue weighted by molar-refractivity contribution is 0.392. The fourth-order valence-corrected chi connectivity index (χ4v) is 3.53. The van der Waals surface area contributed by atoms with Crippen molar-refractivity contribution in [2.75, 3.05) is 31.4 Å². The fraction of sp³-hybridized carbons (Fsp3) is 0.474. The second kappa shape index (κ2) is 7.59.